The molecule has 23 heavy (non-hydrogen) atoms. The molecule has 4 atom stereocenters. The van der Waals surface area contributed by atoms with E-state index in [-0.39, 0.29) is 18.1 Å². The smallest absolute Gasteiger partial charge is 0.225 e. The van der Waals surface area contributed by atoms with E-state index in [1.54, 1.807) is 0 Å². The Hall–Kier alpha value is -1.13. The van der Waals surface area contributed by atoms with Crippen molar-refractivity contribution in [3.8, 4) is 0 Å². The third-order valence-corrected chi connectivity index (χ3v) is 4.93. The number of hydrogen-bond acceptors (Lipinski definition) is 3. The van der Waals surface area contributed by atoms with Crippen molar-refractivity contribution in [2.75, 3.05) is 19.8 Å². The Bertz CT molecular complexity index is 432. The molecule has 1 amide bonds. The third-order valence-electron chi connectivity index (χ3n) is 4.93. The summed E-state index contributed by atoms with van der Waals surface area (Å²) < 4.78 is 5.23. The molecule has 0 bridgehead atoms. The summed E-state index contributed by atoms with van der Waals surface area (Å²) in [4.78, 5) is 13.5. The zero-order valence-electron chi connectivity index (χ0n) is 14.5. The molecule has 1 aliphatic carbocycles. The first-order valence-corrected chi connectivity index (χ1v) is 8.98. The van der Waals surface area contributed by atoms with Gasteiger partial charge in [-0.15, -0.1) is 0 Å². The van der Waals surface area contributed by atoms with E-state index in [4.69, 9.17) is 4.74 Å². The molecule has 0 spiro atoms. The molecule has 130 valence electrons. The van der Waals surface area contributed by atoms with Gasteiger partial charge in [0.05, 0.1) is 25.2 Å². The molecule has 1 aliphatic heterocycles. The lowest BCUT2D eigenvalue weighted by Crippen LogP contribution is -2.51. The van der Waals surface area contributed by atoms with Gasteiger partial charge in [-0.1, -0.05) is 44.1 Å². The SMILES string of the molecule is CCOC/C=C\CN1C(=O)CC1/C=C/C(O)CC1CCC(C)C1. The first-order valence-electron chi connectivity index (χ1n) is 8.98. The average Bonchev–Trinajstić information content (AvgIpc) is 2.91. The van der Waals surface area contributed by atoms with Crippen LogP contribution in [0.2, 0.25) is 0 Å². The highest BCUT2D eigenvalue weighted by molar-refractivity contribution is 5.84. The molecule has 1 saturated heterocycles. The Balaban J connectivity index is 1.70. The summed E-state index contributed by atoms with van der Waals surface area (Å²) in [6.45, 7) is 6.18. The Morgan fingerprint density at radius 2 is 2.22 bits per heavy atom. The van der Waals surface area contributed by atoms with Crippen LogP contribution in [0.25, 0.3) is 0 Å². The van der Waals surface area contributed by atoms with Crippen molar-refractivity contribution in [2.45, 2.75) is 58.1 Å². The minimum absolute atomic E-state index is 0.136. The van der Waals surface area contributed by atoms with Crippen molar-refractivity contribution in [3.63, 3.8) is 0 Å². The summed E-state index contributed by atoms with van der Waals surface area (Å²) in [6, 6.07) is 0.136. The van der Waals surface area contributed by atoms with Crippen LogP contribution in [-0.2, 0) is 9.53 Å². The third kappa shape index (κ3) is 5.78. The molecule has 1 saturated carbocycles. The molecular weight excluding hydrogens is 290 g/mol. The number of aliphatic hydroxyl groups is 1. The van der Waals surface area contributed by atoms with Gasteiger partial charge in [-0.05, 0) is 31.6 Å². The van der Waals surface area contributed by atoms with Gasteiger partial charge in [-0.3, -0.25) is 4.79 Å². The zero-order chi connectivity index (χ0) is 16.7. The first kappa shape index (κ1) is 18.2. The molecule has 0 aromatic rings. The number of amides is 1. The number of aliphatic hydroxyl groups excluding tert-OH is 1. The Kier molecular flexibility index (Phi) is 7.31. The van der Waals surface area contributed by atoms with Gasteiger partial charge < -0.3 is 14.7 Å². The number of likely N-dealkylation sites (tertiary alicyclic amines) is 1. The largest absolute Gasteiger partial charge is 0.389 e. The highest BCUT2D eigenvalue weighted by Gasteiger charge is 2.33. The van der Waals surface area contributed by atoms with Crippen LogP contribution in [0.1, 0.15) is 46.0 Å². The monoisotopic (exact) mass is 321 g/mol. The number of β-lactam (4-membered cyclic amide) rings is 1. The van der Waals surface area contributed by atoms with E-state index in [0.29, 0.717) is 32.1 Å². The molecule has 4 heteroatoms. The van der Waals surface area contributed by atoms with Gasteiger partial charge in [0.15, 0.2) is 0 Å². The Morgan fingerprint density at radius 1 is 1.39 bits per heavy atom. The highest BCUT2D eigenvalue weighted by Crippen LogP contribution is 2.33. The fraction of sp³-hybridized carbons (Fsp3) is 0.737. The summed E-state index contributed by atoms with van der Waals surface area (Å²) in [5.74, 6) is 1.64. The van der Waals surface area contributed by atoms with Crippen molar-refractivity contribution in [3.05, 3.63) is 24.3 Å². The predicted molar refractivity (Wildman–Crippen MR) is 92.0 cm³/mol. The van der Waals surface area contributed by atoms with E-state index in [0.717, 1.165) is 12.3 Å². The van der Waals surface area contributed by atoms with Crippen LogP contribution in [0.3, 0.4) is 0 Å². The van der Waals surface area contributed by atoms with Crippen LogP contribution in [-0.4, -0.2) is 47.8 Å². The lowest BCUT2D eigenvalue weighted by atomic mass is 9.96. The lowest BCUT2D eigenvalue weighted by Gasteiger charge is -2.38. The number of carbonyl (C=O) groups is 1. The summed E-state index contributed by atoms with van der Waals surface area (Å²) in [7, 11) is 0. The van der Waals surface area contributed by atoms with Gasteiger partial charge in [-0.25, -0.2) is 0 Å². The van der Waals surface area contributed by atoms with Crippen molar-refractivity contribution >= 4 is 5.91 Å². The summed E-state index contributed by atoms with van der Waals surface area (Å²) in [5, 5.41) is 10.2. The average molecular weight is 321 g/mol. The zero-order valence-corrected chi connectivity index (χ0v) is 14.5. The van der Waals surface area contributed by atoms with E-state index in [1.165, 1.54) is 19.3 Å². The maximum Gasteiger partial charge on any atom is 0.225 e. The number of hydrogen-bond donors (Lipinski definition) is 1. The van der Waals surface area contributed by atoms with Crippen LogP contribution >= 0.6 is 0 Å². The molecule has 2 fully saturated rings. The molecule has 4 nitrogen and oxygen atoms in total. The van der Waals surface area contributed by atoms with Crippen molar-refractivity contribution in [2.24, 2.45) is 11.8 Å². The molecule has 0 aromatic heterocycles. The maximum atomic E-state index is 11.7. The number of nitrogens with zero attached hydrogens (tertiary/aromatic N) is 1. The molecule has 2 aliphatic rings. The maximum absolute atomic E-state index is 11.7. The van der Waals surface area contributed by atoms with Crippen LogP contribution in [0.15, 0.2) is 24.3 Å². The van der Waals surface area contributed by atoms with Crippen LogP contribution in [0, 0.1) is 11.8 Å². The Morgan fingerprint density at radius 3 is 2.87 bits per heavy atom. The number of rotatable bonds is 9. The lowest BCUT2D eigenvalue weighted by molar-refractivity contribution is -0.142. The summed E-state index contributed by atoms with van der Waals surface area (Å²) in [6.07, 6.45) is 12.6. The molecule has 2 rings (SSSR count). The molecule has 0 aromatic carbocycles. The highest BCUT2D eigenvalue weighted by atomic mass is 16.5. The van der Waals surface area contributed by atoms with E-state index in [9.17, 15) is 9.90 Å². The number of ether oxygens (including phenoxy) is 1. The second-order valence-electron chi connectivity index (χ2n) is 6.92. The predicted octanol–water partition coefficient (Wildman–Crippen LogP) is 2.92. The topological polar surface area (TPSA) is 49.8 Å². The second kappa shape index (κ2) is 9.24. The fourth-order valence-corrected chi connectivity index (χ4v) is 3.55. The van der Waals surface area contributed by atoms with Gasteiger partial charge in [0.1, 0.15) is 0 Å². The van der Waals surface area contributed by atoms with E-state index in [2.05, 4.69) is 6.92 Å². The molecule has 4 unspecified atom stereocenters. The minimum atomic E-state index is -0.378. The van der Waals surface area contributed by atoms with Crippen molar-refractivity contribution < 1.29 is 14.6 Å². The first-order chi connectivity index (χ1) is 11.1. The molecule has 0 radical (unpaired) electrons. The number of carbonyl (C=O) groups excluding carboxylic acids is 1. The van der Waals surface area contributed by atoms with Gasteiger partial charge in [0, 0.05) is 13.2 Å². The molecule has 1 N–H and O–H groups in total. The molecular formula is C19H31NO3. The van der Waals surface area contributed by atoms with Gasteiger partial charge in [0.2, 0.25) is 5.91 Å². The fourth-order valence-electron chi connectivity index (χ4n) is 3.55. The molecule has 1 heterocycles. The summed E-state index contributed by atoms with van der Waals surface area (Å²) >= 11 is 0. The van der Waals surface area contributed by atoms with Gasteiger partial charge in [0.25, 0.3) is 0 Å². The van der Waals surface area contributed by atoms with E-state index < -0.39 is 0 Å². The Labute approximate surface area is 140 Å². The summed E-state index contributed by atoms with van der Waals surface area (Å²) in [5.41, 5.74) is 0. The van der Waals surface area contributed by atoms with Gasteiger partial charge >= 0.3 is 0 Å². The van der Waals surface area contributed by atoms with Crippen LogP contribution in [0.5, 0.6) is 0 Å². The minimum Gasteiger partial charge on any atom is -0.389 e. The van der Waals surface area contributed by atoms with Crippen LogP contribution in [0.4, 0.5) is 0 Å². The second-order valence-corrected chi connectivity index (χ2v) is 6.92. The van der Waals surface area contributed by atoms with E-state index in [1.807, 2.05) is 36.1 Å². The normalized spacial score (nSPS) is 29.6. The quantitative estimate of drug-likeness (QED) is 0.403. The van der Waals surface area contributed by atoms with Crippen molar-refractivity contribution in [1.29, 1.82) is 0 Å². The standard InChI is InChI=1S/C19H31NO3/c1-3-23-11-5-4-10-20-17(14-19(20)22)8-9-18(21)13-16-7-6-15(2)12-16/h4-5,8-9,15-18,21H,3,6-7,10-14H2,1-2H3/b5-4-,9-8+. The van der Waals surface area contributed by atoms with Crippen molar-refractivity contribution in [1.82, 2.24) is 4.90 Å². The van der Waals surface area contributed by atoms with Crippen LogP contribution < -0.4 is 0 Å². The van der Waals surface area contributed by atoms with Gasteiger partial charge in [-0.2, -0.15) is 0 Å². The van der Waals surface area contributed by atoms with E-state index >= 15 is 0 Å².